The van der Waals surface area contributed by atoms with E-state index in [2.05, 4.69) is 27.5 Å². The Balaban J connectivity index is 1.73. The minimum atomic E-state index is -3.54. The molecule has 1 heterocycles. The average Bonchev–Trinajstić information content (AvgIpc) is 3.39. The van der Waals surface area contributed by atoms with Gasteiger partial charge in [0.05, 0.1) is 10.5 Å². The maximum Gasteiger partial charge on any atom is 0.255 e. The van der Waals surface area contributed by atoms with Crippen LogP contribution in [0.3, 0.4) is 0 Å². The van der Waals surface area contributed by atoms with Crippen molar-refractivity contribution in [2.75, 3.05) is 46.8 Å². The SMILES string of the molecule is CN(C)S(=O)(=O)c1ccc(I)c(C(=O)N2CCN(CC3CC3)CC2)c1. The molecular weight excluding hydrogens is 453 g/mol. The molecule has 0 aromatic heterocycles. The summed E-state index contributed by atoms with van der Waals surface area (Å²) in [5, 5.41) is 0. The van der Waals surface area contributed by atoms with E-state index in [4.69, 9.17) is 0 Å². The van der Waals surface area contributed by atoms with Gasteiger partial charge in [-0.15, -0.1) is 0 Å². The summed E-state index contributed by atoms with van der Waals surface area (Å²) in [5.74, 6) is 0.780. The summed E-state index contributed by atoms with van der Waals surface area (Å²) in [6.07, 6.45) is 2.68. The van der Waals surface area contributed by atoms with Crippen molar-refractivity contribution in [1.29, 1.82) is 0 Å². The van der Waals surface area contributed by atoms with Crippen LogP contribution in [0.15, 0.2) is 23.1 Å². The van der Waals surface area contributed by atoms with E-state index in [1.807, 2.05) is 4.90 Å². The van der Waals surface area contributed by atoms with Gasteiger partial charge < -0.3 is 4.90 Å². The number of carbonyl (C=O) groups excluding carboxylic acids is 1. The minimum Gasteiger partial charge on any atom is -0.336 e. The van der Waals surface area contributed by atoms with Crippen LogP contribution in [-0.4, -0.2) is 75.2 Å². The third kappa shape index (κ3) is 4.35. The molecule has 0 N–H and O–H groups in total. The normalized spacial score (nSPS) is 19.4. The summed E-state index contributed by atoms with van der Waals surface area (Å²) in [6.45, 7) is 4.34. The Morgan fingerprint density at radius 2 is 1.84 bits per heavy atom. The number of nitrogens with zero attached hydrogens (tertiary/aromatic N) is 3. The van der Waals surface area contributed by atoms with E-state index in [1.54, 1.807) is 12.1 Å². The van der Waals surface area contributed by atoms with Crippen LogP contribution in [0.2, 0.25) is 0 Å². The molecule has 2 aliphatic rings. The lowest BCUT2D eigenvalue weighted by molar-refractivity contribution is 0.0630. The summed E-state index contributed by atoms with van der Waals surface area (Å²) in [5.41, 5.74) is 0.471. The smallest absolute Gasteiger partial charge is 0.255 e. The average molecular weight is 477 g/mol. The molecule has 1 amide bonds. The van der Waals surface area contributed by atoms with Crippen molar-refractivity contribution in [3.63, 3.8) is 0 Å². The summed E-state index contributed by atoms with van der Waals surface area (Å²) in [6, 6.07) is 4.77. The van der Waals surface area contributed by atoms with Crippen LogP contribution in [0.5, 0.6) is 0 Å². The highest BCUT2D eigenvalue weighted by Crippen LogP contribution is 2.30. The first-order valence-electron chi connectivity index (χ1n) is 8.53. The van der Waals surface area contributed by atoms with Gasteiger partial charge in [0.2, 0.25) is 10.0 Å². The van der Waals surface area contributed by atoms with Crippen molar-refractivity contribution < 1.29 is 13.2 Å². The number of piperazine rings is 1. The number of halogens is 1. The Morgan fingerprint density at radius 3 is 2.40 bits per heavy atom. The van der Waals surface area contributed by atoms with Gasteiger partial charge in [0.25, 0.3) is 5.91 Å². The van der Waals surface area contributed by atoms with Crippen molar-refractivity contribution in [1.82, 2.24) is 14.1 Å². The zero-order valence-electron chi connectivity index (χ0n) is 14.6. The molecular formula is C17H24IN3O3S. The highest BCUT2D eigenvalue weighted by atomic mass is 127. The lowest BCUT2D eigenvalue weighted by atomic mass is 10.2. The third-order valence-corrected chi connectivity index (χ3v) is 7.57. The number of amides is 1. The summed E-state index contributed by atoms with van der Waals surface area (Å²) in [7, 11) is -0.557. The molecule has 25 heavy (non-hydrogen) atoms. The maximum absolute atomic E-state index is 12.9. The van der Waals surface area contributed by atoms with E-state index in [0.29, 0.717) is 18.7 Å². The second kappa shape index (κ2) is 7.50. The topological polar surface area (TPSA) is 60.9 Å². The minimum absolute atomic E-state index is 0.0775. The van der Waals surface area contributed by atoms with Gasteiger partial charge in [-0.25, -0.2) is 12.7 Å². The van der Waals surface area contributed by atoms with Crippen molar-refractivity contribution in [3.05, 3.63) is 27.3 Å². The fourth-order valence-corrected chi connectivity index (χ4v) is 4.50. The van der Waals surface area contributed by atoms with Gasteiger partial charge in [-0.1, -0.05) is 0 Å². The Hall–Kier alpha value is -0.710. The number of benzene rings is 1. The highest BCUT2D eigenvalue weighted by Gasteiger charge is 2.29. The molecule has 0 spiro atoms. The van der Waals surface area contributed by atoms with E-state index in [-0.39, 0.29) is 10.8 Å². The van der Waals surface area contributed by atoms with Crippen LogP contribution in [0, 0.1) is 9.49 Å². The predicted molar refractivity (Wildman–Crippen MR) is 105 cm³/mol. The maximum atomic E-state index is 12.9. The first kappa shape index (κ1) is 19.1. The Bertz CT molecular complexity index is 754. The molecule has 1 aliphatic heterocycles. The zero-order valence-corrected chi connectivity index (χ0v) is 17.6. The molecule has 3 rings (SSSR count). The Morgan fingerprint density at radius 1 is 1.20 bits per heavy atom. The fraction of sp³-hybridized carbons (Fsp3) is 0.588. The highest BCUT2D eigenvalue weighted by molar-refractivity contribution is 14.1. The van der Waals surface area contributed by atoms with E-state index in [9.17, 15) is 13.2 Å². The molecule has 0 atom stereocenters. The van der Waals surface area contributed by atoms with Gasteiger partial charge in [0, 0.05) is 50.4 Å². The first-order chi connectivity index (χ1) is 11.8. The van der Waals surface area contributed by atoms with E-state index in [1.165, 1.54) is 37.3 Å². The number of rotatable bonds is 5. The van der Waals surface area contributed by atoms with E-state index < -0.39 is 10.0 Å². The molecule has 1 aromatic carbocycles. The molecule has 0 unspecified atom stereocenters. The van der Waals surface area contributed by atoms with Crippen LogP contribution in [0.4, 0.5) is 0 Å². The fourth-order valence-electron chi connectivity index (χ4n) is 3.01. The van der Waals surface area contributed by atoms with Gasteiger partial charge in [-0.3, -0.25) is 9.69 Å². The van der Waals surface area contributed by atoms with E-state index in [0.717, 1.165) is 29.1 Å². The van der Waals surface area contributed by atoms with Crippen molar-refractivity contribution >= 4 is 38.5 Å². The van der Waals surface area contributed by atoms with Crippen LogP contribution in [0.25, 0.3) is 0 Å². The van der Waals surface area contributed by atoms with Crippen LogP contribution >= 0.6 is 22.6 Å². The lowest BCUT2D eigenvalue weighted by Gasteiger charge is -2.35. The van der Waals surface area contributed by atoms with Gasteiger partial charge in [-0.2, -0.15) is 0 Å². The molecule has 6 nitrogen and oxygen atoms in total. The molecule has 138 valence electrons. The molecule has 1 aliphatic carbocycles. The van der Waals surface area contributed by atoms with Crippen molar-refractivity contribution in [3.8, 4) is 0 Å². The van der Waals surface area contributed by atoms with Gasteiger partial charge in [-0.05, 0) is 59.5 Å². The number of hydrogen-bond acceptors (Lipinski definition) is 4. The predicted octanol–water partition coefficient (Wildman–Crippen LogP) is 1.71. The first-order valence-corrected chi connectivity index (χ1v) is 11.0. The second-order valence-electron chi connectivity index (χ2n) is 6.97. The van der Waals surface area contributed by atoms with Gasteiger partial charge >= 0.3 is 0 Å². The van der Waals surface area contributed by atoms with Gasteiger partial charge in [0.15, 0.2) is 0 Å². The molecule has 1 saturated carbocycles. The molecule has 1 saturated heterocycles. The Kier molecular flexibility index (Phi) is 5.72. The summed E-state index contributed by atoms with van der Waals surface area (Å²) >= 11 is 2.10. The molecule has 2 fully saturated rings. The Labute approximate surface area is 163 Å². The number of carbonyl (C=O) groups is 1. The van der Waals surface area contributed by atoms with Crippen LogP contribution < -0.4 is 0 Å². The number of sulfonamides is 1. The quantitative estimate of drug-likeness (QED) is 0.607. The number of hydrogen-bond donors (Lipinski definition) is 0. The molecule has 1 aromatic rings. The standard InChI is InChI=1S/C17H24IN3O3S/c1-19(2)25(23,24)14-5-6-16(18)15(11-14)17(22)21-9-7-20(8-10-21)12-13-3-4-13/h5-6,11,13H,3-4,7-10,12H2,1-2H3. The summed E-state index contributed by atoms with van der Waals surface area (Å²) in [4.78, 5) is 17.3. The van der Waals surface area contributed by atoms with Crippen LogP contribution in [0.1, 0.15) is 23.2 Å². The monoisotopic (exact) mass is 477 g/mol. The molecule has 0 radical (unpaired) electrons. The van der Waals surface area contributed by atoms with Gasteiger partial charge in [0.1, 0.15) is 0 Å². The third-order valence-electron chi connectivity index (χ3n) is 4.82. The van der Waals surface area contributed by atoms with E-state index >= 15 is 0 Å². The second-order valence-corrected chi connectivity index (χ2v) is 10.3. The zero-order chi connectivity index (χ0) is 18.2. The van der Waals surface area contributed by atoms with Crippen molar-refractivity contribution in [2.24, 2.45) is 5.92 Å². The molecule has 8 heteroatoms. The van der Waals surface area contributed by atoms with Crippen molar-refractivity contribution in [2.45, 2.75) is 17.7 Å². The largest absolute Gasteiger partial charge is 0.336 e. The lowest BCUT2D eigenvalue weighted by Crippen LogP contribution is -2.49. The summed E-state index contributed by atoms with van der Waals surface area (Å²) < 4.78 is 26.6. The van der Waals surface area contributed by atoms with Crippen LogP contribution in [-0.2, 0) is 10.0 Å². The molecule has 0 bridgehead atoms.